The SMILES string of the molecule is CC(C)CC(CNC(=O)C1CCCC(N)C1)N(C)C.Cl.Cl. The predicted molar refractivity (Wildman–Crippen MR) is 94.4 cm³/mol. The van der Waals surface area contributed by atoms with E-state index in [4.69, 9.17) is 5.73 Å². The van der Waals surface area contributed by atoms with E-state index in [1.54, 1.807) is 0 Å². The summed E-state index contributed by atoms with van der Waals surface area (Å²) in [6.45, 7) is 5.19. The van der Waals surface area contributed by atoms with Crippen molar-refractivity contribution in [2.24, 2.45) is 17.6 Å². The van der Waals surface area contributed by atoms with Crippen molar-refractivity contribution in [1.29, 1.82) is 0 Å². The number of nitrogens with two attached hydrogens (primary N) is 1. The van der Waals surface area contributed by atoms with E-state index < -0.39 is 0 Å². The molecule has 0 bridgehead atoms. The van der Waals surface area contributed by atoms with Crippen LogP contribution in [0.15, 0.2) is 0 Å². The summed E-state index contributed by atoms with van der Waals surface area (Å²) in [4.78, 5) is 14.4. The highest BCUT2D eigenvalue weighted by atomic mass is 35.5. The van der Waals surface area contributed by atoms with Crippen LogP contribution >= 0.6 is 24.8 Å². The Bertz CT molecular complexity index is 288. The first-order valence-corrected chi connectivity index (χ1v) is 7.59. The summed E-state index contributed by atoms with van der Waals surface area (Å²) in [6.07, 6.45) is 5.11. The second-order valence-electron chi connectivity index (χ2n) is 6.62. The van der Waals surface area contributed by atoms with Crippen LogP contribution in [0.4, 0.5) is 0 Å². The van der Waals surface area contributed by atoms with Crippen LogP contribution in [0.3, 0.4) is 0 Å². The summed E-state index contributed by atoms with van der Waals surface area (Å²) in [6, 6.07) is 0.631. The molecule has 0 aliphatic heterocycles. The van der Waals surface area contributed by atoms with Crippen molar-refractivity contribution in [3.8, 4) is 0 Å². The maximum atomic E-state index is 12.2. The summed E-state index contributed by atoms with van der Waals surface area (Å²) in [5.74, 6) is 0.976. The number of nitrogens with zero attached hydrogens (tertiary/aromatic N) is 1. The van der Waals surface area contributed by atoms with E-state index >= 15 is 0 Å². The first kappa shape index (κ1) is 23.2. The third kappa shape index (κ3) is 8.87. The van der Waals surface area contributed by atoms with E-state index in [0.29, 0.717) is 12.0 Å². The topological polar surface area (TPSA) is 58.4 Å². The second kappa shape index (κ2) is 11.5. The summed E-state index contributed by atoms with van der Waals surface area (Å²) in [5.41, 5.74) is 5.94. The van der Waals surface area contributed by atoms with Gasteiger partial charge >= 0.3 is 0 Å². The number of likely N-dealkylation sites (N-methyl/N-ethyl adjacent to an activating group) is 1. The Labute approximate surface area is 142 Å². The zero-order valence-corrected chi connectivity index (χ0v) is 15.4. The lowest BCUT2D eigenvalue weighted by molar-refractivity contribution is -0.126. The van der Waals surface area contributed by atoms with Crippen LogP contribution in [0.1, 0.15) is 46.0 Å². The quantitative estimate of drug-likeness (QED) is 0.779. The molecule has 1 fully saturated rings. The number of amides is 1. The number of carbonyl (C=O) groups is 1. The lowest BCUT2D eigenvalue weighted by Gasteiger charge is -2.29. The summed E-state index contributed by atoms with van der Waals surface area (Å²) in [7, 11) is 4.16. The number of hydrogen-bond donors (Lipinski definition) is 2. The lowest BCUT2D eigenvalue weighted by Crippen LogP contribution is -2.44. The molecule has 128 valence electrons. The van der Waals surface area contributed by atoms with E-state index in [9.17, 15) is 4.79 Å². The Hall–Kier alpha value is -0.0300. The molecule has 0 saturated heterocycles. The third-order valence-electron chi connectivity index (χ3n) is 4.07. The Kier molecular flexibility index (Phi) is 12.8. The first-order chi connectivity index (χ1) is 8.90. The van der Waals surface area contributed by atoms with Gasteiger partial charge in [0.2, 0.25) is 5.91 Å². The molecule has 0 aromatic heterocycles. The van der Waals surface area contributed by atoms with Gasteiger partial charge in [-0.05, 0) is 45.7 Å². The lowest BCUT2D eigenvalue weighted by atomic mass is 9.85. The van der Waals surface area contributed by atoms with Gasteiger partial charge in [-0.15, -0.1) is 24.8 Å². The van der Waals surface area contributed by atoms with Gasteiger partial charge in [0.15, 0.2) is 0 Å². The van der Waals surface area contributed by atoms with Gasteiger partial charge in [-0.25, -0.2) is 0 Å². The number of hydrogen-bond acceptors (Lipinski definition) is 3. The maximum Gasteiger partial charge on any atom is 0.223 e. The molecular formula is C15H33Cl2N3O. The van der Waals surface area contributed by atoms with Crippen LogP contribution in [0.25, 0.3) is 0 Å². The fourth-order valence-corrected chi connectivity index (χ4v) is 2.85. The Morgan fingerprint density at radius 2 is 1.90 bits per heavy atom. The molecule has 0 spiro atoms. The summed E-state index contributed by atoms with van der Waals surface area (Å²) in [5, 5.41) is 3.12. The number of carbonyl (C=O) groups excluding carboxylic acids is 1. The number of halogens is 2. The number of rotatable bonds is 6. The second-order valence-corrected chi connectivity index (χ2v) is 6.62. The normalized spacial score (nSPS) is 23.2. The van der Waals surface area contributed by atoms with Gasteiger partial charge in [-0.3, -0.25) is 4.79 Å². The highest BCUT2D eigenvalue weighted by Crippen LogP contribution is 2.23. The average molecular weight is 342 g/mol. The molecule has 3 unspecified atom stereocenters. The van der Waals surface area contributed by atoms with Crippen LogP contribution in [0, 0.1) is 11.8 Å². The zero-order valence-electron chi connectivity index (χ0n) is 13.8. The van der Waals surface area contributed by atoms with Crippen molar-refractivity contribution in [3.63, 3.8) is 0 Å². The van der Waals surface area contributed by atoms with Crippen LogP contribution in [0.2, 0.25) is 0 Å². The van der Waals surface area contributed by atoms with Crippen molar-refractivity contribution >= 4 is 30.7 Å². The molecule has 0 heterocycles. The van der Waals surface area contributed by atoms with Crippen LogP contribution in [-0.4, -0.2) is 43.5 Å². The molecule has 3 atom stereocenters. The smallest absolute Gasteiger partial charge is 0.223 e. The molecule has 1 aliphatic carbocycles. The van der Waals surface area contributed by atoms with Crippen LogP contribution in [0.5, 0.6) is 0 Å². The zero-order chi connectivity index (χ0) is 14.4. The standard InChI is InChI=1S/C15H31N3O.2ClH/c1-11(2)8-14(18(3)4)10-17-15(19)12-6-5-7-13(16)9-12;;/h11-14H,5-10,16H2,1-4H3,(H,17,19);2*1H. The van der Waals surface area contributed by atoms with Gasteiger partial charge in [0.1, 0.15) is 0 Å². The van der Waals surface area contributed by atoms with E-state index in [1.165, 1.54) is 0 Å². The molecule has 21 heavy (non-hydrogen) atoms. The van der Waals surface area contributed by atoms with E-state index in [0.717, 1.165) is 38.6 Å². The van der Waals surface area contributed by atoms with Gasteiger partial charge in [0.25, 0.3) is 0 Å². The van der Waals surface area contributed by atoms with E-state index in [-0.39, 0.29) is 42.7 Å². The monoisotopic (exact) mass is 341 g/mol. The fourth-order valence-electron chi connectivity index (χ4n) is 2.85. The predicted octanol–water partition coefficient (Wildman–Crippen LogP) is 2.44. The first-order valence-electron chi connectivity index (χ1n) is 7.59. The van der Waals surface area contributed by atoms with Crippen molar-refractivity contribution in [2.45, 2.75) is 58.0 Å². The largest absolute Gasteiger partial charge is 0.354 e. The minimum absolute atomic E-state index is 0. The van der Waals surface area contributed by atoms with Crippen LogP contribution in [-0.2, 0) is 4.79 Å². The molecule has 1 rings (SSSR count). The van der Waals surface area contributed by atoms with Gasteiger partial charge in [-0.1, -0.05) is 20.3 Å². The minimum Gasteiger partial charge on any atom is -0.354 e. The van der Waals surface area contributed by atoms with Gasteiger partial charge in [0.05, 0.1) is 0 Å². The third-order valence-corrected chi connectivity index (χ3v) is 4.07. The molecule has 4 nitrogen and oxygen atoms in total. The molecular weight excluding hydrogens is 309 g/mol. The summed E-state index contributed by atoms with van der Waals surface area (Å²) >= 11 is 0. The Morgan fingerprint density at radius 3 is 2.38 bits per heavy atom. The average Bonchev–Trinajstić information content (AvgIpc) is 2.33. The van der Waals surface area contributed by atoms with Gasteiger partial charge < -0.3 is 16.0 Å². The van der Waals surface area contributed by atoms with E-state index in [2.05, 4.69) is 38.2 Å². The van der Waals surface area contributed by atoms with Crippen molar-refractivity contribution < 1.29 is 4.79 Å². The molecule has 1 amide bonds. The molecule has 0 aromatic rings. The Balaban J connectivity index is 0. The molecule has 0 aromatic carbocycles. The minimum atomic E-state index is 0. The highest BCUT2D eigenvalue weighted by molar-refractivity contribution is 5.85. The van der Waals surface area contributed by atoms with Crippen molar-refractivity contribution in [2.75, 3.05) is 20.6 Å². The van der Waals surface area contributed by atoms with Crippen molar-refractivity contribution in [1.82, 2.24) is 10.2 Å². The molecule has 3 N–H and O–H groups in total. The number of nitrogens with one attached hydrogen (secondary N) is 1. The molecule has 6 heteroatoms. The van der Waals surface area contributed by atoms with E-state index in [1.807, 2.05) is 0 Å². The molecule has 0 radical (unpaired) electrons. The Morgan fingerprint density at radius 1 is 1.29 bits per heavy atom. The summed E-state index contributed by atoms with van der Waals surface area (Å²) < 4.78 is 0. The maximum absolute atomic E-state index is 12.2. The fraction of sp³-hybridized carbons (Fsp3) is 0.933. The molecule has 1 saturated carbocycles. The van der Waals surface area contributed by atoms with Gasteiger partial charge in [-0.2, -0.15) is 0 Å². The van der Waals surface area contributed by atoms with Crippen molar-refractivity contribution in [3.05, 3.63) is 0 Å². The van der Waals surface area contributed by atoms with Crippen LogP contribution < -0.4 is 11.1 Å². The highest BCUT2D eigenvalue weighted by Gasteiger charge is 2.25. The molecule has 1 aliphatic rings. The van der Waals surface area contributed by atoms with Gasteiger partial charge in [0, 0.05) is 24.5 Å².